The van der Waals surface area contributed by atoms with E-state index in [0.29, 0.717) is 33.5 Å². The van der Waals surface area contributed by atoms with Gasteiger partial charge < -0.3 is 38.1 Å². The number of nitrogens with two attached hydrogens (primary N) is 3. The number of carbonyl (C=O) groups excluding carboxylic acids is 4. The lowest BCUT2D eigenvalue weighted by molar-refractivity contribution is -0.150. The Labute approximate surface area is 266 Å². The summed E-state index contributed by atoms with van der Waals surface area (Å²) in [5.41, 5.74) is 16.1. The highest BCUT2D eigenvalue weighted by Crippen LogP contribution is 2.45. The van der Waals surface area contributed by atoms with Crippen molar-refractivity contribution in [3.05, 3.63) is 40.5 Å². The Morgan fingerprint density at radius 2 is 2.07 bits per heavy atom. The highest BCUT2D eigenvalue weighted by Gasteiger charge is 2.54. The van der Waals surface area contributed by atoms with Crippen LogP contribution in [0.1, 0.15) is 17.9 Å². The number of primary amides is 1. The van der Waals surface area contributed by atoms with Crippen molar-refractivity contribution in [2.45, 2.75) is 34.5 Å². The molecule has 0 aliphatic carbocycles. The number of hydrogen-bond acceptors (Lipinski definition) is 16. The maximum Gasteiger partial charge on any atom is 0.353 e. The summed E-state index contributed by atoms with van der Waals surface area (Å²) in [6, 6.07) is 1.41. The lowest BCUT2D eigenvalue weighted by atomic mass is 10.0. The van der Waals surface area contributed by atoms with Gasteiger partial charge >= 0.3 is 5.97 Å². The zero-order chi connectivity index (χ0) is 32.0. The van der Waals surface area contributed by atoms with Crippen LogP contribution >= 0.6 is 46.8 Å². The lowest BCUT2D eigenvalue weighted by Crippen LogP contribution is -2.71. The molecule has 44 heavy (non-hydrogen) atoms. The average Bonchev–Trinajstić information content (AvgIpc) is 3.41. The zero-order valence-electron chi connectivity index (χ0n) is 22.5. The van der Waals surface area contributed by atoms with E-state index >= 15 is 0 Å². The molecule has 2 aliphatic rings. The Bertz CT molecular complexity index is 1530. The number of pyridine rings is 1. The molecule has 234 valence electrons. The standard InChI is InChI=1S/C23H26N10O7S4/c24-9(6-13(25)34)18(35)28-4-5-41-7-10-11(2-1-3-27-10)43-12-8-42-21-15(20(37)33(21)16(12)22(38)39)29-19(36)14(31-40)17-30-23(26)44-32-17/h1-3,9,15,21,40H,4-8,24H2,(H2,25,34)(H,28,35)(H,29,36)(H,38,39)(H2,26,30,32)/b31-14-/t9-,15+,21+/m0/s1. The van der Waals surface area contributed by atoms with Crippen LogP contribution in [0.15, 0.2) is 39.0 Å². The molecule has 0 radical (unpaired) electrons. The highest BCUT2D eigenvalue weighted by molar-refractivity contribution is 8.06. The van der Waals surface area contributed by atoms with Gasteiger partial charge in [0, 0.05) is 51.3 Å². The van der Waals surface area contributed by atoms with Crippen LogP contribution in [-0.4, -0.2) is 100 Å². The second kappa shape index (κ2) is 14.7. The molecule has 3 atom stereocenters. The van der Waals surface area contributed by atoms with Gasteiger partial charge in [-0.3, -0.25) is 29.1 Å². The van der Waals surface area contributed by atoms with Crippen LogP contribution in [0.4, 0.5) is 5.13 Å². The highest BCUT2D eigenvalue weighted by atomic mass is 32.2. The monoisotopic (exact) mass is 682 g/mol. The van der Waals surface area contributed by atoms with E-state index in [2.05, 4.69) is 30.1 Å². The maximum atomic E-state index is 13.1. The van der Waals surface area contributed by atoms with Gasteiger partial charge in [-0.1, -0.05) is 16.9 Å². The fourth-order valence-electron chi connectivity index (χ4n) is 4.02. The number of oxime groups is 1. The molecule has 1 fully saturated rings. The number of aromatic nitrogens is 3. The van der Waals surface area contributed by atoms with Gasteiger partial charge in [-0.05, 0) is 12.1 Å². The summed E-state index contributed by atoms with van der Waals surface area (Å²) in [6.07, 6.45) is 1.35. The van der Waals surface area contributed by atoms with Crippen molar-refractivity contribution < 1.29 is 34.3 Å². The normalized spacial score (nSPS) is 18.7. The molecular weight excluding hydrogens is 657 g/mol. The number of carboxylic acid groups (broad SMARTS) is 1. The van der Waals surface area contributed by atoms with Crippen LogP contribution in [0.5, 0.6) is 0 Å². The number of nitrogens with one attached hydrogen (secondary N) is 2. The van der Waals surface area contributed by atoms with Gasteiger partial charge in [0.2, 0.25) is 23.4 Å². The van der Waals surface area contributed by atoms with Crippen molar-refractivity contribution in [1.29, 1.82) is 0 Å². The van der Waals surface area contributed by atoms with E-state index < -0.39 is 52.8 Å². The molecular formula is C23H26N10O7S4. The van der Waals surface area contributed by atoms with Crippen molar-refractivity contribution in [2.24, 2.45) is 16.6 Å². The van der Waals surface area contributed by atoms with E-state index in [9.17, 15) is 34.3 Å². The van der Waals surface area contributed by atoms with Gasteiger partial charge in [0.25, 0.3) is 11.8 Å². The van der Waals surface area contributed by atoms with E-state index in [1.165, 1.54) is 35.3 Å². The van der Waals surface area contributed by atoms with Gasteiger partial charge in [0.1, 0.15) is 17.1 Å². The molecule has 2 aliphatic heterocycles. The molecule has 17 nitrogen and oxygen atoms in total. The molecule has 10 N–H and O–H groups in total. The third-order valence-electron chi connectivity index (χ3n) is 6.02. The Morgan fingerprint density at radius 3 is 2.73 bits per heavy atom. The summed E-state index contributed by atoms with van der Waals surface area (Å²) < 4.78 is 3.82. The Balaban J connectivity index is 1.38. The van der Waals surface area contributed by atoms with Crippen molar-refractivity contribution in [3.63, 3.8) is 0 Å². The molecule has 0 bridgehead atoms. The van der Waals surface area contributed by atoms with E-state index in [0.717, 1.165) is 16.4 Å². The fraction of sp³-hybridized carbons (Fsp3) is 0.348. The molecule has 2 aromatic heterocycles. The fourth-order valence-corrected chi connectivity index (χ4v) is 7.93. The average molecular weight is 683 g/mol. The van der Waals surface area contributed by atoms with Gasteiger partial charge in [-0.15, -0.1) is 11.8 Å². The molecule has 0 saturated carbocycles. The van der Waals surface area contributed by atoms with Crippen LogP contribution in [0.25, 0.3) is 0 Å². The largest absolute Gasteiger partial charge is 0.477 e. The molecule has 0 aromatic carbocycles. The summed E-state index contributed by atoms with van der Waals surface area (Å²) in [5.74, 6) is -3.04. The number of hydrogen-bond donors (Lipinski definition) is 7. The number of carboxylic acids is 1. The first-order valence-electron chi connectivity index (χ1n) is 12.6. The Kier molecular flexibility index (Phi) is 11.0. The number of thioether (sulfide) groups is 3. The Hall–Kier alpha value is -3.92. The van der Waals surface area contributed by atoms with Gasteiger partial charge in [0.05, 0.1) is 18.2 Å². The summed E-state index contributed by atoms with van der Waals surface area (Å²) in [6.45, 7) is 0.298. The molecule has 4 rings (SSSR count). The topological polar surface area (TPSA) is 282 Å². The van der Waals surface area contributed by atoms with Crippen LogP contribution < -0.4 is 27.8 Å². The minimum absolute atomic E-state index is 0.0479. The van der Waals surface area contributed by atoms with Gasteiger partial charge in [-0.25, -0.2) is 4.79 Å². The number of aliphatic carboxylic acids is 1. The second-order valence-electron chi connectivity index (χ2n) is 9.01. The first kappa shape index (κ1) is 33.0. The molecule has 1 saturated heterocycles. The maximum absolute atomic E-state index is 13.1. The van der Waals surface area contributed by atoms with Crippen molar-refractivity contribution in [2.75, 3.05) is 23.8 Å². The SMILES string of the molecule is NC(=O)C[C@H](N)C(=O)NCCSCc1ncccc1SC1=C(C(=O)O)N2C(=O)[C@@H](NC(=O)/C(=N\O)c3nsc(N)n3)[C@H]2SC1. The number of amides is 4. The molecule has 2 aromatic rings. The number of anilines is 1. The zero-order valence-corrected chi connectivity index (χ0v) is 25.8. The number of β-lactam (4-membered cyclic amide) rings is 1. The molecule has 4 heterocycles. The van der Waals surface area contributed by atoms with Crippen molar-refractivity contribution >= 4 is 87.3 Å². The second-order valence-corrected chi connectivity index (χ2v) is 13.1. The Morgan fingerprint density at radius 1 is 1.30 bits per heavy atom. The predicted molar refractivity (Wildman–Crippen MR) is 163 cm³/mol. The van der Waals surface area contributed by atoms with E-state index in [-0.39, 0.29) is 28.8 Å². The number of nitrogens with zero attached hydrogens (tertiary/aromatic N) is 5. The van der Waals surface area contributed by atoms with Crippen LogP contribution in [0.3, 0.4) is 0 Å². The number of fused-ring (bicyclic) bond motifs is 1. The first-order valence-corrected chi connectivity index (χ1v) is 16.4. The van der Waals surface area contributed by atoms with E-state index in [1.54, 1.807) is 18.3 Å². The van der Waals surface area contributed by atoms with Crippen molar-refractivity contribution in [1.82, 2.24) is 29.9 Å². The minimum atomic E-state index is -1.30. The summed E-state index contributed by atoms with van der Waals surface area (Å²) in [4.78, 5) is 71.4. The minimum Gasteiger partial charge on any atom is -0.477 e. The quantitative estimate of drug-likeness (QED) is 0.0402. The van der Waals surface area contributed by atoms with Crippen LogP contribution in [0.2, 0.25) is 0 Å². The summed E-state index contributed by atoms with van der Waals surface area (Å²) in [7, 11) is 0. The van der Waals surface area contributed by atoms with Crippen LogP contribution in [-0.2, 0) is 29.7 Å². The third-order valence-corrected chi connectivity index (χ3v) is 10.2. The van der Waals surface area contributed by atoms with Gasteiger partial charge in [0.15, 0.2) is 5.13 Å². The molecule has 0 spiro atoms. The van der Waals surface area contributed by atoms with E-state index in [4.69, 9.17) is 17.2 Å². The van der Waals surface area contributed by atoms with Crippen LogP contribution in [0, 0.1) is 0 Å². The number of nitrogen functional groups attached to an aromatic ring is 1. The number of carbonyl (C=O) groups is 5. The van der Waals surface area contributed by atoms with Crippen molar-refractivity contribution in [3.8, 4) is 0 Å². The summed E-state index contributed by atoms with van der Waals surface area (Å²) >= 11 is 4.71. The first-order chi connectivity index (χ1) is 21.0. The number of rotatable bonds is 14. The van der Waals surface area contributed by atoms with E-state index in [1.807, 2.05) is 0 Å². The van der Waals surface area contributed by atoms with Gasteiger partial charge in [-0.2, -0.15) is 21.1 Å². The molecule has 21 heteroatoms. The molecule has 4 amide bonds. The lowest BCUT2D eigenvalue weighted by Gasteiger charge is -2.49. The summed E-state index contributed by atoms with van der Waals surface area (Å²) in [5, 5.41) is 26.7. The molecule has 0 unspecified atom stereocenters. The third kappa shape index (κ3) is 7.59. The predicted octanol–water partition coefficient (Wildman–Crippen LogP) is -1.27. The smallest absolute Gasteiger partial charge is 0.353 e.